The van der Waals surface area contributed by atoms with Crippen molar-refractivity contribution < 1.29 is 4.74 Å². The molecule has 2 N–H and O–H groups in total. The normalized spacial score (nSPS) is 31.7. The molecule has 3 nitrogen and oxygen atoms in total. The van der Waals surface area contributed by atoms with Crippen molar-refractivity contribution >= 4 is 0 Å². The van der Waals surface area contributed by atoms with Crippen molar-refractivity contribution in [2.75, 3.05) is 19.6 Å². The summed E-state index contributed by atoms with van der Waals surface area (Å²) in [7, 11) is 0. The molecule has 1 rings (SSSR count). The number of hydrogen-bond acceptors (Lipinski definition) is 3. The van der Waals surface area contributed by atoms with Crippen LogP contribution in [0.15, 0.2) is 0 Å². The van der Waals surface area contributed by atoms with Crippen molar-refractivity contribution in [1.82, 2.24) is 4.90 Å². The van der Waals surface area contributed by atoms with Crippen LogP contribution in [0.25, 0.3) is 0 Å². The van der Waals surface area contributed by atoms with Gasteiger partial charge in [0.05, 0.1) is 12.2 Å². The standard InChI is InChI=1S/C13H28N2O/c1-10(2)6-13(5,9-14)15-7-11(3)16-12(4)8-15/h10-12H,6-9,14H2,1-5H3. The van der Waals surface area contributed by atoms with Gasteiger partial charge in [0.15, 0.2) is 0 Å². The monoisotopic (exact) mass is 228 g/mol. The van der Waals surface area contributed by atoms with E-state index in [9.17, 15) is 0 Å². The minimum Gasteiger partial charge on any atom is -0.373 e. The molecule has 1 fully saturated rings. The molecule has 0 aromatic rings. The van der Waals surface area contributed by atoms with Crippen molar-refractivity contribution in [3.63, 3.8) is 0 Å². The number of nitrogens with two attached hydrogens (primary N) is 1. The predicted octanol–water partition coefficient (Wildman–Crippen LogP) is 1.86. The van der Waals surface area contributed by atoms with E-state index in [1.165, 1.54) is 0 Å². The molecule has 1 heterocycles. The maximum Gasteiger partial charge on any atom is 0.0678 e. The van der Waals surface area contributed by atoms with E-state index in [4.69, 9.17) is 10.5 Å². The van der Waals surface area contributed by atoms with Gasteiger partial charge in [0.25, 0.3) is 0 Å². The summed E-state index contributed by atoms with van der Waals surface area (Å²) in [4.78, 5) is 2.52. The van der Waals surface area contributed by atoms with Gasteiger partial charge in [-0.25, -0.2) is 0 Å². The SMILES string of the molecule is CC(C)CC(C)(CN)N1CC(C)OC(C)C1. The van der Waals surface area contributed by atoms with Crippen LogP contribution in [-0.4, -0.2) is 42.3 Å². The number of rotatable bonds is 4. The molecule has 0 spiro atoms. The van der Waals surface area contributed by atoms with E-state index >= 15 is 0 Å². The van der Waals surface area contributed by atoms with Crippen LogP contribution in [0.4, 0.5) is 0 Å². The molecular weight excluding hydrogens is 200 g/mol. The molecular formula is C13H28N2O. The van der Waals surface area contributed by atoms with Gasteiger partial charge < -0.3 is 10.5 Å². The highest BCUT2D eigenvalue weighted by Crippen LogP contribution is 2.26. The Kier molecular flexibility index (Phi) is 4.77. The molecule has 1 saturated heterocycles. The second-order valence-electron chi connectivity index (χ2n) is 5.96. The van der Waals surface area contributed by atoms with Gasteiger partial charge in [0.1, 0.15) is 0 Å². The Morgan fingerprint density at radius 1 is 1.31 bits per heavy atom. The van der Waals surface area contributed by atoms with Gasteiger partial charge in [-0.15, -0.1) is 0 Å². The second-order valence-corrected chi connectivity index (χ2v) is 5.96. The Morgan fingerprint density at radius 2 is 1.81 bits per heavy atom. The highest BCUT2D eigenvalue weighted by atomic mass is 16.5. The third-order valence-corrected chi connectivity index (χ3v) is 3.47. The second kappa shape index (κ2) is 5.48. The lowest BCUT2D eigenvalue weighted by atomic mass is 9.88. The Morgan fingerprint density at radius 3 is 2.19 bits per heavy atom. The number of nitrogens with zero attached hydrogens (tertiary/aromatic N) is 1. The molecule has 3 unspecified atom stereocenters. The maximum absolute atomic E-state index is 5.99. The lowest BCUT2D eigenvalue weighted by Gasteiger charge is -2.47. The molecule has 0 bridgehead atoms. The zero-order chi connectivity index (χ0) is 12.3. The zero-order valence-corrected chi connectivity index (χ0v) is 11.5. The summed E-state index contributed by atoms with van der Waals surface area (Å²) in [5.74, 6) is 0.682. The van der Waals surface area contributed by atoms with Gasteiger partial charge in [-0.2, -0.15) is 0 Å². The highest BCUT2D eigenvalue weighted by molar-refractivity contribution is 4.91. The topological polar surface area (TPSA) is 38.5 Å². The molecule has 0 radical (unpaired) electrons. The fraction of sp³-hybridized carbons (Fsp3) is 1.00. The lowest BCUT2D eigenvalue weighted by molar-refractivity contribution is -0.101. The number of morpholine rings is 1. The Labute approximate surface area is 100 Å². The lowest BCUT2D eigenvalue weighted by Crippen LogP contribution is -2.59. The predicted molar refractivity (Wildman–Crippen MR) is 68.5 cm³/mol. The quantitative estimate of drug-likeness (QED) is 0.798. The van der Waals surface area contributed by atoms with E-state index in [-0.39, 0.29) is 5.54 Å². The van der Waals surface area contributed by atoms with Gasteiger partial charge in [0, 0.05) is 25.2 Å². The first kappa shape index (κ1) is 13.9. The van der Waals surface area contributed by atoms with Crippen molar-refractivity contribution in [3.8, 4) is 0 Å². The molecule has 96 valence electrons. The third kappa shape index (κ3) is 3.44. The third-order valence-electron chi connectivity index (χ3n) is 3.47. The first-order valence-corrected chi connectivity index (χ1v) is 6.48. The van der Waals surface area contributed by atoms with Gasteiger partial charge >= 0.3 is 0 Å². The van der Waals surface area contributed by atoms with Crippen LogP contribution in [0, 0.1) is 5.92 Å². The van der Waals surface area contributed by atoms with E-state index in [1.807, 2.05) is 0 Å². The van der Waals surface area contributed by atoms with Crippen molar-refractivity contribution in [2.45, 2.75) is 58.8 Å². The minimum atomic E-state index is 0.125. The zero-order valence-electron chi connectivity index (χ0n) is 11.5. The summed E-state index contributed by atoms with van der Waals surface area (Å²) >= 11 is 0. The Bertz CT molecular complexity index is 210. The minimum absolute atomic E-state index is 0.125. The molecule has 0 aromatic heterocycles. The van der Waals surface area contributed by atoms with Crippen LogP contribution < -0.4 is 5.73 Å². The summed E-state index contributed by atoms with van der Waals surface area (Å²) in [6, 6.07) is 0. The molecule has 0 aromatic carbocycles. The fourth-order valence-electron chi connectivity index (χ4n) is 2.84. The van der Waals surface area contributed by atoms with E-state index in [2.05, 4.69) is 39.5 Å². The van der Waals surface area contributed by atoms with Crippen molar-refractivity contribution in [2.24, 2.45) is 11.7 Å². The van der Waals surface area contributed by atoms with Crippen LogP contribution in [0.2, 0.25) is 0 Å². The first-order chi connectivity index (χ1) is 7.37. The molecule has 3 atom stereocenters. The molecule has 3 heteroatoms. The Hall–Kier alpha value is -0.120. The highest BCUT2D eigenvalue weighted by Gasteiger charge is 2.35. The molecule has 0 saturated carbocycles. The van der Waals surface area contributed by atoms with E-state index in [0.29, 0.717) is 18.1 Å². The van der Waals surface area contributed by atoms with Crippen LogP contribution >= 0.6 is 0 Å². The average Bonchev–Trinajstić information content (AvgIpc) is 2.15. The van der Waals surface area contributed by atoms with Gasteiger partial charge in [-0.1, -0.05) is 13.8 Å². The van der Waals surface area contributed by atoms with Gasteiger partial charge in [0.2, 0.25) is 0 Å². The molecule has 1 aliphatic rings. The van der Waals surface area contributed by atoms with Gasteiger partial charge in [-0.3, -0.25) is 4.90 Å². The summed E-state index contributed by atoms with van der Waals surface area (Å²) in [5, 5.41) is 0. The fourth-order valence-corrected chi connectivity index (χ4v) is 2.84. The molecule has 16 heavy (non-hydrogen) atoms. The largest absolute Gasteiger partial charge is 0.373 e. The average molecular weight is 228 g/mol. The van der Waals surface area contributed by atoms with E-state index < -0.39 is 0 Å². The number of ether oxygens (including phenoxy) is 1. The van der Waals surface area contributed by atoms with Crippen LogP contribution in [-0.2, 0) is 4.74 Å². The smallest absolute Gasteiger partial charge is 0.0678 e. The van der Waals surface area contributed by atoms with Crippen LogP contribution in [0.3, 0.4) is 0 Å². The van der Waals surface area contributed by atoms with Crippen LogP contribution in [0.1, 0.15) is 41.0 Å². The summed E-state index contributed by atoms with van der Waals surface area (Å²) in [6.45, 7) is 13.9. The Balaban J connectivity index is 2.70. The van der Waals surface area contributed by atoms with Gasteiger partial charge in [-0.05, 0) is 33.1 Å². The van der Waals surface area contributed by atoms with E-state index in [1.54, 1.807) is 0 Å². The molecule has 0 amide bonds. The number of hydrogen-bond donors (Lipinski definition) is 1. The molecule has 0 aliphatic carbocycles. The van der Waals surface area contributed by atoms with E-state index in [0.717, 1.165) is 26.1 Å². The first-order valence-electron chi connectivity index (χ1n) is 6.48. The van der Waals surface area contributed by atoms with Crippen LogP contribution in [0.5, 0.6) is 0 Å². The molecule has 1 aliphatic heterocycles. The summed E-state index contributed by atoms with van der Waals surface area (Å²) in [5.41, 5.74) is 6.12. The maximum atomic E-state index is 5.99. The summed E-state index contributed by atoms with van der Waals surface area (Å²) in [6.07, 6.45) is 1.80. The van der Waals surface area contributed by atoms with Crippen molar-refractivity contribution in [3.05, 3.63) is 0 Å². The van der Waals surface area contributed by atoms with Crippen molar-refractivity contribution in [1.29, 1.82) is 0 Å². The summed E-state index contributed by atoms with van der Waals surface area (Å²) < 4.78 is 5.78.